The van der Waals surface area contributed by atoms with Crippen LogP contribution in [0.15, 0.2) is 18.2 Å². The van der Waals surface area contributed by atoms with Crippen LogP contribution in [0, 0.1) is 11.7 Å². The molecule has 134 valence electrons. The predicted octanol–water partition coefficient (Wildman–Crippen LogP) is 3.31. The summed E-state index contributed by atoms with van der Waals surface area (Å²) in [6.07, 6.45) is 5.29. The summed E-state index contributed by atoms with van der Waals surface area (Å²) in [6, 6.07) is 4.21. The van der Waals surface area contributed by atoms with E-state index in [0.717, 1.165) is 32.1 Å². The fourth-order valence-electron chi connectivity index (χ4n) is 2.76. The van der Waals surface area contributed by atoms with Crippen molar-refractivity contribution in [1.82, 2.24) is 5.32 Å². The van der Waals surface area contributed by atoms with Gasteiger partial charge in [-0.3, -0.25) is 9.59 Å². The molecule has 1 aromatic carbocycles. The minimum Gasteiger partial charge on any atom is -0.326 e. The zero-order valence-corrected chi connectivity index (χ0v) is 14.7. The third-order valence-corrected chi connectivity index (χ3v) is 4.09. The largest absolute Gasteiger partial charge is 0.326 e. The van der Waals surface area contributed by atoms with Gasteiger partial charge in [0.15, 0.2) is 0 Å². The van der Waals surface area contributed by atoms with Crippen molar-refractivity contribution in [3.05, 3.63) is 24.0 Å². The molecule has 5 nitrogen and oxygen atoms in total. The molecule has 1 aliphatic rings. The zero-order valence-electron chi connectivity index (χ0n) is 13.9. The first-order valence-corrected chi connectivity index (χ1v) is 8.15. The molecule has 0 unspecified atom stereocenters. The zero-order chi connectivity index (χ0) is 16.7. The number of benzene rings is 1. The molecule has 1 aliphatic carbocycles. The average molecular weight is 358 g/mol. The van der Waals surface area contributed by atoms with Gasteiger partial charge in [-0.15, -0.1) is 12.4 Å². The Labute approximate surface area is 148 Å². The maximum absolute atomic E-state index is 13.9. The minimum atomic E-state index is -0.498. The average Bonchev–Trinajstić information content (AvgIpc) is 2.56. The number of nitrogens with one attached hydrogen (secondary N) is 3. The van der Waals surface area contributed by atoms with Crippen molar-refractivity contribution in [1.29, 1.82) is 0 Å². The van der Waals surface area contributed by atoms with Gasteiger partial charge in [-0.2, -0.15) is 0 Å². The molecule has 2 amide bonds. The number of hydrogen-bond donors (Lipinski definition) is 3. The molecule has 1 saturated carbocycles. The molecule has 3 N–H and O–H groups in total. The van der Waals surface area contributed by atoms with Gasteiger partial charge in [0.1, 0.15) is 5.82 Å². The smallest absolute Gasteiger partial charge is 0.227 e. The highest BCUT2D eigenvalue weighted by Gasteiger charge is 2.22. The second-order valence-electron chi connectivity index (χ2n) is 5.92. The summed E-state index contributed by atoms with van der Waals surface area (Å²) in [6.45, 7) is 0.568. The highest BCUT2D eigenvalue weighted by atomic mass is 35.5. The summed E-state index contributed by atoms with van der Waals surface area (Å²) in [5.74, 6) is -0.836. The molecule has 0 aliphatic heterocycles. The lowest BCUT2D eigenvalue weighted by molar-refractivity contribution is -0.120. The van der Waals surface area contributed by atoms with Crippen LogP contribution in [0.3, 0.4) is 0 Å². The highest BCUT2D eigenvalue weighted by Crippen LogP contribution is 2.26. The summed E-state index contributed by atoms with van der Waals surface area (Å²) in [5.41, 5.74) is 0.596. The van der Waals surface area contributed by atoms with E-state index in [2.05, 4.69) is 16.0 Å². The molecule has 0 saturated heterocycles. The van der Waals surface area contributed by atoms with E-state index in [1.54, 1.807) is 7.05 Å². The number of rotatable bonds is 6. The maximum atomic E-state index is 13.9. The maximum Gasteiger partial charge on any atom is 0.227 e. The number of halogens is 2. The van der Waals surface area contributed by atoms with E-state index >= 15 is 0 Å². The Morgan fingerprint density at radius 1 is 1.17 bits per heavy atom. The molecule has 0 radical (unpaired) electrons. The van der Waals surface area contributed by atoms with Crippen LogP contribution in [0.4, 0.5) is 15.8 Å². The third-order valence-electron chi connectivity index (χ3n) is 4.09. The Bertz CT molecular complexity index is 563. The van der Waals surface area contributed by atoms with E-state index in [4.69, 9.17) is 0 Å². The lowest BCUT2D eigenvalue weighted by Gasteiger charge is -2.21. The number of anilines is 2. The van der Waals surface area contributed by atoms with Crippen LogP contribution >= 0.6 is 12.4 Å². The van der Waals surface area contributed by atoms with Gasteiger partial charge in [-0.1, -0.05) is 19.3 Å². The Hall–Kier alpha value is -1.66. The van der Waals surface area contributed by atoms with Gasteiger partial charge in [0, 0.05) is 24.6 Å². The van der Waals surface area contributed by atoms with Crippen molar-refractivity contribution in [3.63, 3.8) is 0 Å². The Balaban J connectivity index is 0.00000288. The lowest BCUT2D eigenvalue weighted by atomic mass is 9.88. The van der Waals surface area contributed by atoms with E-state index in [1.165, 1.54) is 18.2 Å². The summed E-state index contributed by atoms with van der Waals surface area (Å²) in [7, 11) is 1.77. The van der Waals surface area contributed by atoms with E-state index in [0.29, 0.717) is 18.7 Å². The molecule has 0 atom stereocenters. The summed E-state index contributed by atoms with van der Waals surface area (Å²) >= 11 is 0. The van der Waals surface area contributed by atoms with Crippen LogP contribution in [0.25, 0.3) is 0 Å². The van der Waals surface area contributed by atoms with E-state index in [9.17, 15) is 14.0 Å². The van der Waals surface area contributed by atoms with Gasteiger partial charge in [0.05, 0.1) is 5.69 Å². The number of hydrogen-bond acceptors (Lipinski definition) is 3. The molecule has 2 rings (SSSR count). The van der Waals surface area contributed by atoms with Crippen LogP contribution in [0.1, 0.15) is 38.5 Å². The van der Waals surface area contributed by atoms with Crippen molar-refractivity contribution < 1.29 is 14.0 Å². The summed E-state index contributed by atoms with van der Waals surface area (Å²) in [4.78, 5) is 23.9. The third kappa shape index (κ3) is 6.09. The Kier molecular flexibility index (Phi) is 8.71. The first-order valence-electron chi connectivity index (χ1n) is 8.15. The first-order chi connectivity index (χ1) is 11.1. The van der Waals surface area contributed by atoms with Gasteiger partial charge in [0.2, 0.25) is 11.8 Å². The molecular formula is C17H25ClFN3O2. The highest BCUT2D eigenvalue weighted by molar-refractivity contribution is 5.95. The van der Waals surface area contributed by atoms with Gasteiger partial charge >= 0.3 is 0 Å². The van der Waals surface area contributed by atoms with Gasteiger partial charge in [-0.05, 0) is 38.1 Å². The quantitative estimate of drug-likeness (QED) is 0.731. The van der Waals surface area contributed by atoms with Gasteiger partial charge in [-0.25, -0.2) is 4.39 Å². The van der Waals surface area contributed by atoms with Crippen molar-refractivity contribution >= 4 is 35.6 Å². The fraction of sp³-hybridized carbons (Fsp3) is 0.529. The SMILES string of the molecule is CNCCC(=O)Nc1ccc(F)c(NC(=O)C2CCCCC2)c1.Cl. The molecule has 7 heteroatoms. The Morgan fingerprint density at radius 2 is 1.88 bits per heavy atom. The van der Waals surface area contributed by atoms with Crippen LogP contribution < -0.4 is 16.0 Å². The van der Waals surface area contributed by atoms with E-state index in [1.807, 2.05) is 0 Å². The number of amides is 2. The second-order valence-corrected chi connectivity index (χ2v) is 5.92. The van der Waals surface area contributed by atoms with Crippen LogP contribution in [0.5, 0.6) is 0 Å². The lowest BCUT2D eigenvalue weighted by Crippen LogP contribution is -2.25. The van der Waals surface area contributed by atoms with Crippen LogP contribution in [-0.4, -0.2) is 25.4 Å². The summed E-state index contributed by atoms with van der Waals surface area (Å²) < 4.78 is 13.9. The van der Waals surface area contributed by atoms with Crippen molar-refractivity contribution in [2.75, 3.05) is 24.2 Å². The normalized spacial score (nSPS) is 14.6. The molecule has 0 aromatic heterocycles. The van der Waals surface area contributed by atoms with Crippen LogP contribution in [0.2, 0.25) is 0 Å². The number of carbonyl (C=O) groups is 2. The van der Waals surface area contributed by atoms with E-state index in [-0.39, 0.29) is 35.8 Å². The fourth-order valence-corrected chi connectivity index (χ4v) is 2.76. The molecule has 0 heterocycles. The standard InChI is InChI=1S/C17H24FN3O2.ClH/c1-19-10-9-16(22)20-13-7-8-14(18)15(11-13)21-17(23)12-5-3-2-4-6-12;/h7-8,11-12,19H,2-6,9-10H2,1H3,(H,20,22)(H,21,23);1H. The van der Waals surface area contributed by atoms with Crippen LogP contribution in [-0.2, 0) is 9.59 Å². The van der Waals surface area contributed by atoms with Crippen molar-refractivity contribution in [3.8, 4) is 0 Å². The number of carbonyl (C=O) groups excluding carboxylic acids is 2. The molecule has 24 heavy (non-hydrogen) atoms. The topological polar surface area (TPSA) is 70.2 Å². The molecule has 1 fully saturated rings. The molecule has 0 spiro atoms. The molecule has 1 aromatic rings. The molecule has 0 bridgehead atoms. The van der Waals surface area contributed by atoms with E-state index < -0.39 is 5.82 Å². The van der Waals surface area contributed by atoms with Gasteiger partial charge in [0.25, 0.3) is 0 Å². The molecular weight excluding hydrogens is 333 g/mol. The van der Waals surface area contributed by atoms with Crippen molar-refractivity contribution in [2.24, 2.45) is 5.92 Å². The summed E-state index contributed by atoms with van der Waals surface area (Å²) in [5, 5.41) is 8.25. The predicted molar refractivity (Wildman–Crippen MR) is 96.0 cm³/mol. The van der Waals surface area contributed by atoms with Gasteiger partial charge < -0.3 is 16.0 Å². The first kappa shape index (κ1) is 20.4. The monoisotopic (exact) mass is 357 g/mol. The minimum absolute atomic E-state index is 0. The second kappa shape index (κ2) is 10.3. The Morgan fingerprint density at radius 3 is 2.54 bits per heavy atom. The van der Waals surface area contributed by atoms with Crippen molar-refractivity contribution in [2.45, 2.75) is 38.5 Å².